The fraction of sp³-hybridized carbons (Fsp3) is 0.300. The molecule has 0 heterocycles. The van der Waals surface area contributed by atoms with E-state index in [4.69, 9.17) is 0 Å². The number of aromatic hydroxyl groups is 1. The predicted octanol–water partition coefficient (Wildman–Crippen LogP) is 2.54. The van der Waals surface area contributed by atoms with E-state index in [0.29, 0.717) is 12.0 Å². The van der Waals surface area contributed by atoms with Gasteiger partial charge in [-0.25, -0.2) is 13.8 Å². The maximum Gasteiger partial charge on any atom is 0.258 e. The first kappa shape index (κ1) is 21.6. The zero-order valence-corrected chi connectivity index (χ0v) is 16.9. The molecule has 0 saturated carbocycles. The molecule has 0 fully saturated rings. The average Bonchev–Trinajstić information content (AvgIpc) is 2.62. The van der Waals surface area contributed by atoms with Crippen molar-refractivity contribution in [1.82, 2.24) is 10.1 Å². The number of carbonyl (C=O) groups excluding carboxylic acids is 1. The Balaban J connectivity index is 2.10. The highest BCUT2D eigenvalue weighted by atomic mass is 32.2. The second-order valence-corrected chi connectivity index (χ2v) is 8.66. The van der Waals surface area contributed by atoms with Crippen molar-refractivity contribution in [2.24, 2.45) is 11.0 Å². The maximum atomic E-state index is 12.6. The topological polar surface area (TPSA) is 108 Å². The van der Waals surface area contributed by atoms with E-state index in [1.807, 2.05) is 20.8 Å². The van der Waals surface area contributed by atoms with E-state index < -0.39 is 22.0 Å². The lowest BCUT2D eigenvalue weighted by molar-refractivity contribution is -0.123. The Labute approximate surface area is 165 Å². The third-order valence-electron chi connectivity index (χ3n) is 3.93. The van der Waals surface area contributed by atoms with E-state index in [-0.39, 0.29) is 16.6 Å². The maximum absolute atomic E-state index is 12.6. The molecular formula is C20H25N3O4S. The molecule has 0 aliphatic heterocycles. The Bertz CT molecular complexity index is 921. The molecule has 150 valence electrons. The van der Waals surface area contributed by atoms with E-state index in [1.165, 1.54) is 30.5 Å². The van der Waals surface area contributed by atoms with Gasteiger partial charge in [0.15, 0.2) is 0 Å². The summed E-state index contributed by atoms with van der Waals surface area (Å²) in [4.78, 5) is 12.6. The minimum Gasteiger partial charge on any atom is -0.508 e. The van der Waals surface area contributed by atoms with Gasteiger partial charge in [-0.2, -0.15) is 9.82 Å². The number of carbonyl (C=O) groups is 1. The average molecular weight is 404 g/mol. The number of rotatable bonds is 8. The van der Waals surface area contributed by atoms with Crippen LogP contribution in [0.5, 0.6) is 5.75 Å². The van der Waals surface area contributed by atoms with Gasteiger partial charge < -0.3 is 5.11 Å². The highest BCUT2D eigenvalue weighted by molar-refractivity contribution is 7.89. The lowest BCUT2D eigenvalue weighted by Gasteiger charge is -2.19. The largest absolute Gasteiger partial charge is 0.508 e. The van der Waals surface area contributed by atoms with E-state index in [9.17, 15) is 18.3 Å². The smallest absolute Gasteiger partial charge is 0.258 e. The number of hydrogen-bond donors (Lipinski definition) is 3. The van der Waals surface area contributed by atoms with Crippen LogP contribution >= 0.6 is 0 Å². The van der Waals surface area contributed by atoms with Gasteiger partial charge in [0.05, 0.1) is 11.1 Å². The summed E-state index contributed by atoms with van der Waals surface area (Å²) in [6.07, 6.45) is 1.74. The van der Waals surface area contributed by atoms with Crippen molar-refractivity contribution < 1.29 is 18.3 Å². The first-order chi connectivity index (χ1) is 13.2. The molecule has 7 nitrogen and oxygen atoms in total. The molecule has 2 aromatic carbocycles. The molecule has 0 aliphatic carbocycles. The van der Waals surface area contributed by atoms with Crippen molar-refractivity contribution in [2.75, 3.05) is 0 Å². The van der Waals surface area contributed by atoms with Crippen molar-refractivity contribution in [3.63, 3.8) is 0 Å². The van der Waals surface area contributed by atoms with E-state index in [1.54, 1.807) is 24.3 Å². The number of amides is 1. The normalized spacial score (nSPS) is 13.0. The lowest BCUT2D eigenvalue weighted by Crippen LogP contribution is -2.46. The fourth-order valence-corrected chi connectivity index (χ4v) is 3.67. The summed E-state index contributed by atoms with van der Waals surface area (Å²) >= 11 is 0. The first-order valence-corrected chi connectivity index (χ1v) is 10.4. The zero-order chi connectivity index (χ0) is 20.7. The van der Waals surface area contributed by atoms with Crippen LogP contribution in [0.15, 0.2) is 58.5 Å². The predicted molar refractivity (Wildman–Crippen MR) is 109 cm³/mol. The minimum absolute atomic E-state index is 0.0949. The molecule has 0 spiro atoms. The summed E-state index contributed by atoms with van der Waals surface area (Å²) < 4.78 is 27.7. The third kappa shape index (κ3) is 6.47. The zero-order valence-electron chi connectivity index (χ0n) is 16.1. The number of nitrogens with one attached hydrogen (secondary N) is 2. The second kappa shape index (κ2) is 9.48. The van der Waals surface area contributed by atoms with Crippen molar-refractivity contribution in [3.05, 3.63) is 59.7 Å². The van der Waals surface area contributed by atoms with Gasteiger partial charge >= 0.3 is 0 Å². The SMILES string of the molecule is Cc1ccc(S(=O)(=O)N[C@H](CC(C)C)C(=O)N/N=C\c2ccc(O)cc2)cc1. The molecule has 2 aromatic rings. The van der Waals surface area contributed by atoms with Crippen molar-refractivity contribution in [3.8, 4) is 5.75 Å². The summed E-state index contributed by atoms with van der Waals surface area (Å²) in [5, 5.41) is 13.1. The molecule has 1 amide bonds. The molecule has 1 atom stereocenters. The van der Waals surface area contributed by atoms with Crippen molar-refractivity contribution in [1.29, 1.82) is 0 Å². The molecule has 2 rings (SSSR count). The monoisotopic (exact) mass is 403 g/mol. The van der Waals surface area contributed by atoms with Crippen LogP contribution < -0.4 is 10.1 Å². The third-order valence-corrected chi connectivity index (χ3v) is 5.42. The number of phenols is 1. The molecule has 28 heavy (non-hydrogen) atoms. The minimum atomic E-state index is -3.84. The summed E-state index contributed by atoms with van der Waals surface area (Å²) in [6.45, 7) is 5.67. The number of aryl methyl sites for hydroxylation is 1. The number of sulfonamides is 1. The van der Waals surface area contributed by atoms with E-state index in [0.717, 1.165) is 5.56 Å². The van der Waals surface area contributed by atoms with Crippen molar-refractivity contribution >= 4 is 22.1 Å². The van der Waals surface area contributed by atoms with Gasteiger partial charge in [0.1, 0.15) is 11.8 Å². The van der Waals surface area contributed by atoms with E-state index >= 15 is 0 Å². The number of phenolic OH excluding ortho intramolecular Hbond substituents is 1. The van der Waals surface area contributed by atoms with Gasteiger partial charge in [-0.05, 0) is 61.2 Å². The van der Waals surface area contributed by atoms with Crippen LogP contribution in [0.4, 0.5) is 0 Å². The second-order valence-electron chi connectivity index (χ2n) is 6.94. The summed E-state index contributed by atoms with van der Waals surface area (Å²) in [5.74, 6) is -0.319. The highest BCUT2D eigenvalue weighted by Crippen LogP contribution is 2.13. The van der Waals surface area contributed by atoms with Crippen LogP contribution in [-0.2, 0) is 14.8 Å². The Hall–Kier alpha value is -2.71. The van der Waals surface area contributed by atoms with E-state index in [2.05, 4.69) is 15.2 Å². The van der Waals surface area contributed by atoms with Gasteiger partial charge in [-0.15, -0.1) is 0 Å². The van der Waals surface area contributed by atoms with Crippen LogP contribution in [0.1, 0.15) is 31.4 Å². The molecule has 0 aromatic heterocycles. The molecule has 0 bridgehead atoms. The van der Waals surface area contributed by atoms with Crippen molar-refractivity contribution in [2.45, 2.75) is 38.1 Å². The molecule has 0 radical (unpaired) electrons. The Kier molecular flexibility index (Phi) is 7.31. The quantitative estimate of drug-likeness (QED) is 0.465. The fourth-order valence-electron chi connectivity index (χ4n) is 2.46. The van der Waals surface area contributed by atoms with Crippen LogP contribution in [0, 0.1) is 12.8 Å². The lowest BCUT2D eigenvalue weighted by atomic mass is 10.0. The molecule has 3 N–H and O–H groups in total. The Morgan fingerprint density at radius 1 is 1.11 bits per heavy atom. The Morgan fingerprint density at radius 2 is 1.71 bits per heavy atom. The number of benzene rings is 2. The van der Waals surface area contributed by atoms with Crippen LogP contribution in [0.3, 0.4) is 0 Å². The van der Waals surface area contributed by atoms with Crippen LogP contribution in [0.25, 0.3) is 0 Å². The molecule has 0 unspecified atom stereocenters. The highest BCUT2D eigenvalue weighted by Gasteiger charge is 2.26. The first-order valence-electron chi connectivity index (χ1n) is 8.88. The summed E-state index contributed by atoms with van der Waals surface area (Å²) in [5.41, 5.74) is 4.00. The number of hydrazone groups is 1. The number of nitrogens with zero attached hydrogens (tertiary/aromatic N) is 1. The van der Waals surface area contributed by atoms with Gasteiger partial charge in [0.25, 0.3) is 5.91 Å². The molecule has 8 heteroatoms. The van der Waals surface area contributed by atoms with Gasteiger partial charge in [0, 0.05) is 0 Å². The van der Waals surface area contributed by atoms with Gasteiger partial charge in [-0.3, -0.25) is 4.79 Å². The summed E-state index contributed by atoms with van der Waals surface area (Å²) in [6, 6.07) is 11.7. The Morgan fingerprint density at radius 3 is 2.29 bits per heavy atom. The molecular weight excluding hydrogens is 378 g/mol. The molecule has 0 aliphatic rings. The molecule has 0 saturated heterocycles. The van der Waals surface area contributed by atoms with Crippen LogP contribution in [-0.4, -0.2) is 31.7 Å². The van der Waals surface area contributed by atoms with Gasteiger partial charge in [-0.1, -0.05) is 31.5 Å². The van der Waals surface area contributed by atoms with Gasteiger partial charge in [0.2, 0.25) is 10.0 Å². The van der Waals surface area contributed by atoms with Crippen LogP contribution in [0.2, 0.25) is 0 Å². The standard InChI is InChI=1S/C20H25N3O4S/c1-14(2)12-19(23-28(26,27)18-10-4-15(3)5-11-18)20(25)22-21-13-16-6-8-17(24)9-7-16/h4-11,13-14,19,23-24H,12H2,1-3H3,(H,22,25)/b21-13-/t19-/m1/s1. The summed E-state index contributed by atoms with van der Waals surface area (Å²) in [7, 11) is -3.84. The number of hydrogen-bond acceptors (Lipinski definition) is 5.